The van der Waals surface area contributed by atoms with Crippen molar-refractivity contribution in [3.05, 3.63) is 41.7 Å². The van der Waals surface area contributed by atoms with Gasteiger partial charge in [0.1, 0.15) is 5.76 Å². The van der Waals surface area contributed by atoms with Gasteiger partial charge in [0.15, 0.2) is 12.0 Å². The van der Waals surface area contributed by atoms with E-state index in [9.17, 15) is 9.59 Å². The second-order valence-corrected chi connectivity index (χ2v) is 5.11. The summed E-state index contributed by atoms with van der Waals surface area (Å²) in [4.78, 5) is 24.5. The van der Waals surface area contributed by atoms with Crippen molar-refractivity contribution >= 4 is 17.9 Å². The van der Waals surface area contributed by atoms with Crippen LogP contribution in [0, 0.1) is 0 Å². The number of primary amides is 1. The summed E-state index contributed by atoms with van der Waals surface area (Å²) in [6.07, 6.45) is 2.89. The van der Waals surface area contributed by atoms with E-state index in [0.717, 1.165) is 37.2 Å². The van der Waals surface area contributed by atoms with Gasteiger partial charge in [-0.3, -0.25) is 9.59 Å². The number of carbonyl (C=O) groups is 2. The standard InChI is InChI=1S/C16H16N2O3/c17-16(20)13-5-3-11(15-6-4-12(10-19)21-15)9-14(13)18-7-1-2-8-18/h3-6,9-10H,1-2,7-8H2,(H2,17,20). The Kier molecular flexibility index (Phi) is 3.48. The van der Waals surface area contributed by atoms with Crippen LogP contribution in [0.2, 0.25) is 0 Å². The molecule has 2 N–H and O–H groups in total. The van der Waals surface area contributed by atoms with E-state index in [2.05, 4.69) is 4.90 Å². The molecule has 0 spiro atoms. The van der Waals surface area contributed by atoms with E-state index in [0.29, 0.717) is 17.6 Å². The topological polar surface area (TPSA) is 76.5 Å². The molecule has 2 aromatic rings. The predicted octanol–water partition coefficient (Wildman–Crippen LogP) is 2.46. The first-order valence-corrected chi connectivity index (χ1v) is 6.93. The molecule has 108 valence electrons. The average Bonchev–Trinajstić information content (AvgIpc) is 3.18. The fraction of sp³-hybridized carbons (Fsp3) is 0.250. The number of hydrogen-bond donors (Lipinski definition) is 1. The summed E-state index contributed by atoms with van der Waals surface area (Å²) in [6, 6.07) is 8.77. The third kappa shape index (κ3) is 2.54. The molecule has 3 rings (SSSR count). The van der Waals surface area contributed by atoms with Crippen LogP contribution in [-0.2, 0) is 0 Å². The molecule has 5 heteroatoms. The van der Waals surface area contributed by atoms with Crippen LogP contribution in [0.5, 0.6) is 0 Å². The maximum atomic E-state index is 11.6. The minimum Gasteiger partial charge on any atom is -0.453 e. The second-order valence-electron chi connectivity index (χ2n) is 5.11. The van der Waals surface area contributed by atoms with Crippen molar-refractivity contribution in [2.75, 3.05) is 18.0 Å². The van der Waals surface area contributed by atoms with Crippen molar-refractivity contribution in [2.24, 2.45) is 5.73 Å². The molecule has 0 saturated carbocycles. The number of carbonyl (C=O) groups excluding carboxylic acids is 2. The van der Waals surface area contributed by atoms with Crippen LogP contribution in [0.3, 0.4) is 0 Å². The monoisotopic (exact) mass is 284 g/mol. The molecule has 1 aromatic heterocycles. The van der Waals surface area contributed by atoms with Crippen molar-refractivity contribution in [1.82, 2.24) is 0 Å². The highest BCUT2D eigenvalue weighted by Gasteiger charge is 2.19. The molecular formula is C16H16N2O3. The van der Waals surface area contributed by atoms with Gasteiger partial charge in [0.25, 0.3) is 5.91 Å². The number of aldehydes is 1. The highest BCUT2D eigenvalue weighted by molar-refractivity contribution is 5.99. The van der Waals surface area contributed by atoms with Gasteiger partial charge in [-0.05, 0) is 37.1 Å². The second kappa shape index (κ2) is 5.44. The third-order valence-corrected chi connectivity index (χ3v) is 3.74. The number of anilines is 1. The van der Waals surface area contributed by atoms with Gasteiger partial charge >= 0.3 is 0 Å². The number of nitrogens with two attached hydrogens (primary N) is 1. The molecule has 1 fully saturated rings. The SMILES string of the molecule is NC(=O)c1ccc(-c2ccc(C=O)o2)cc1N1CCCC1. The zero-order valence-corrected chi connectivity index (χ0v) is 11.5. The predicted molar refractivity (Wildman–Crippen MR) is 79.5 cm³/mol. The molecule has 21 heavy (non-hydrogen) atoms. The number of furan rings is 1. The number of hydrogen-bond acceptors (Lipinski definition) is 4. The van der Waals surface area contributed by atoms with Crippen molar-refractivity contribution in [3.63, 3.8) is 0 Å². The van der Waals surface area contributed by atoms with Gasteiger partial charge in [0, 0.05) is 18.7 Å². The van der Waals surface area contributed by atoms with E-state index in [-0.39, 0.29) is 5.76 Å². The molecule has 1 amide bonds. The van der Waals surface area contributed by atoms with E-state index in [1.165, 1.54) is 0 Å². The summed E-state index contributed by atoms with van der Waals surface area (Å²) < 4.78 is 5.43. The zero-order valence-electron chi connectivity index (χ0n) is 11.5. The number of benzene rings is 1. The lowest BCUT2D eigenvalue weighted by molar-refractivity contribution is 0.1000. The highest BCUT2D eigenvalue weighted by Crippen LogP contribution is 2.31. The largest absolute Gasteiger partial charge is 0.453 e. The molecule has 1 aliphatic rings. The van der Waals surface area contributed by atoms with Crippen LogP contribution in [0.1, 0.15) is 33.8 Å². The average molecular weight is 284 g/mol. The Labute approximate surface area is 122 Å². The van der Waals surface area contributed by atoms with Gasteiger partial charge in [0.05, 0.1) is 11.3 Å². The van der Waals surface area contributed by atoms with Crippen LogP contribution in [0.25, 0.3) is 11.3 Å². The minimum atomic E-state index is -0.434. The summed E-state index contributed by atoms with van der Waals surface area (Å²) in [6.45, 7) is 1.84. The van der Waals surface area contributed by atoms with Crippen molar-refractivity contribution in [1.29, 1.82) is 0 Å². The summed E-state index contributed by atoms with van der Waals surface area (Å²) in [5.41, 5.74) is 7.64. The van der Waals surface area contributed by atoms with Gasteiger partial charge < -0.3 is 15.1 Å². The van der Waals surface area contributed by atoms with Crippen LogP contribution in [0.4, 0.5) is 5.69 Å². The zero-order chi connectivity index (χ0) is 14.8. The maximum Gasteiger partial charge on any atom is 0.250 e. The van der Waals surface area contributed by atoms with Crippen molar-refractivity contribution in [3.8, 4) is 11.3 Å². The minimum absolute atomic E-state index is 0.284. The number of amides is 1. The van der Waals surface area contributed by atoms with E-state index in [1.807, 2.05) is 6.07 Å². The van der Waals surface area contributed by atoms with Crippen LogP contribution in [-0.4, -0.2) is 25.3 Å². The van der Waals surface area contributed by atoms with Gasteiger partial charge in [-0.25, -0.2) is 0 Å². The molecule has 2 heterocycles. The Balaban J connectivity index is 2.04. The molecule has 0 bridgehead atoms. The summed E-state index contributed by atoms with van der Waals surface area (Å²) in [7, 11) is 0. The van der Waals surface area contributed by atoms with Crippen molar-refractivity contribution in [2.45, 2.75) is 12.8 Å². The van der Waals surface area contributed by atoms with E-state index in [1.54, 1.807) is 24.3 Å². The van der Waals surface area contributed by atoms with Gasteiger partial charge in [-0.15, -0.1) is 0 Å². The molecule has 0 radical (unpaired) electrons. The lowest BCUT2D eigenvalue weighted by Gasteiger charge is -2.21. The molecule has 0 atom stereocenters. The molecule has 5 nitrogen and oxygen atoms in total. The lowest BCUT2D eigenvalue weighted by Crippen LogP contribution is -2.23. The highest BCUT2D eigenvalue weighted by atomic mass is 16.3. The first-order chi connectivity index (χ1) is 10.2. The maximum absolute atomic E-state index is 11.6. The van der Waals surface area contributed by atoms with Gasteiger partial charge in [-0.2, -0.15) is 0 Å². The molecule has 0 aliphatic carbocycles. The van der Waals surface area contributed by atoms with Gasteiger partial charge in [-0.1, -0.05) is 6.07 Å². The van der Waals surface area contributed by atoms with Crippen LogP contribution >= 0.6 is 0 Å². The molecule has 1 aliphatic heterocycles. The first-order valence-electron chi connectivity index (χ1n) is 6.93. The molecular weight excluding hydrogens is 268 g/mol. The van der Waals surface area contributed by atoms with E-state index in [4.69, 9.17) is 10.2 Å². The van der Waals surface area contributed by atoms with Crippen LogP contribution in [0.15, 0.2) is 34.7 Å². The third-order valence-electron chi connectivity index (χ3n) is 3.74. The molecule has 0 unspecified atom stereocenters. The Morgan fingerprint density at radius 3 is 2.57 bits per heavy atom. The Morgan fingerprint density at radius 1 is 1.19 bits per heavy atom. The molecule has 1 aromatic carbocycles. The Morgan fingerprint density at radius 2 is 1.95 bits per heavy atom. The van der Waals surface area contributed by atoms with Crippen LogP contribution < -0.4 is 10.6 Å². The summed E-state index contributed by atoms with van der Waals surface area (Å²) in [5, 5.41) is 0. The Hall–Kier alpha value is -2.56. The summed E-state index contributed by atoms with van der Waals surface area (Å²) in [5.74, 6) is 0.455. The number of nitrogens with zero attached hydrogens (tertiary/aromatic N) is 1. The van der Waals surface area contributed by atoms with E-state index >= 15 is 0 Å². The van der Waals surface area contributed by atoms with Crippen molar-refractivity contribution < 1.29 is 14.0 Å². The normalized spacial score (nSPS) is 14.4. The quantitative estimate of drug-likeness (QED) is 0.875. The van der Waals surface area contributed by atoms with Gasteiger partial charge in [0.2, 0.25) is 0 Å². The fourth-order valence-electron chi connectivity index (χ4n) is 2.68. The summed E-state index contributed by atoms with van der Waals surface area (Å²) >= 11 is 0. The lowest BCUT2D eigenvalue weighted by atomic mass is 10.1. The molecule has 1 saturated heterocycles. The fourth-order valence-corrected chi connectivity index (χ4v) is 2.68. The number of rotatable bonds is 4. The Bertz CT molecular complexity index is 685. The smallest absolute Gasteiger partial charge is 0.250 e. The van der Waals surface area contributed by atoms with E-state index < -0.39 is 5.91 Å². The first kappa shape index (κ1) is 13.4.